The van der Waals surface area contributed by atoms with E-state index in [4.69, 9.17) is 0 Å². The summed E-state index contributed by atoms with van der Waals surface area (Å²) in [5.41, 5.74) is 5.36. The Bertz CT molecular complexity index is 1570. The van der Waals surface area contributed by atoms with Crippen molar-refractivity contribution in [2.24, 2.45) is 0 Å². The summed E-state index contributed by atoms with van der Waals surface area (Å²) in [5, 5.41) is 13.6. The Balaban J connectivity index is 1.66. The van der Waals surface area contributed by atoms with Gasteiger partial charge in [-0.25, -0.2) is 4.68 Å². The van der Waals surface area contributed by atoms with Gasteiger partial charge in [-0.1, -0.05) is 93.9 Å². The Kier molecular flexibility index (Phi) is 3.93. The van der Waals surface area contributed by atoms with Gasteiger partial charge in [0.1, 0.15) is 5.52 Å². The molecule has 4 heteroatoms. The molecule has 6 aromatic rings. The molecule has 0 amide bonds. The zero-order valence-electron chi connectivity index (χ0n) is 16.0. The molecule has 0 atom stereocenters. The number of nitrogens with zero attached hydrogens (tertiary/aromatic N) is 3. The Hall–Kier alpha value is -3.50. The van der Waals surface area contributed by atoms with E-state index in [0.29, 0.717) is 0 Å². The van der Waals surface area contributed by atoms with E-state index < -0.39 is 0 Å². The van der Waals surface area contributed by atoms with Crippen LogP contribution in [0.25, 0.3) is 49.4 Å². The second kappa shape index (κ2) is 6.78. The highest BCUT2D eigenvalue weighted by molar-refractivity contribution is 9.10. The summed E-state index contributed by atoms with van der Waals surface area (Å²) >= 11 is 3.70. The minimum Gasteiger partial charge on any atom is -0.212 e. The molecule has 0 unspecified atom stereocenters. The van der Waals surface area contributed by atoms with E-state index in [1.54, 1.807) is 0 Å². The number of rotatable bonds is 2. The molecule has 0 radical (unpaired) electrons. The fraction of sp³-hybridized carbons (Fsp3) is 0. The standard InChI is InChI=1S/C26H16BrN3/c27-23-15-13-19(17-7-1-3-9-21(17)23)20-14-16-25(22-10-4-2-8-18(20)22)30-26-12-6-5-11-24(26)28-29-30/h1-16H. The summed E-state index contributed by atoms with van der Waals surface area (Å²) in [5.74, 6) is 0. The average molecular weight is 450 g/mol. The van der Waals surface area contributed by atoms with Crippen molar-refractivity contribution in [3.63, 3.8) is 0 Å². The maximum atomic E-state index is 4.44. The van der Waals surface area contributed by atoms with E-state index in [1.807, 2.05) is 22.9 Å². The Morgan fingerprint density at radius 2 is 1.17 bits per heavy atom. The van der Waals surface area contributed by atoms with Crippen LogP contribution in [-0.4, -0.2) is 15.0 Å². The first-order valence-corrected chi connectivity index (χ1v) is 10.6. The summed E-state index contributed by atoms with van der Waals surface area (Å²) in [6, 6.07) is 33.7. The van der Waals surface area contributed by atoms with Gasteiger partial charge in [0, 0.05) is 9.86 Å². The molecular formula is C26H16BrN3. The predicted octanol–water partition coefficient (Wildman–Crippen LogP) is 7.16. The zero-order valence-corrected chi connectivity index (χ0v) is 17.5. The SMILES string of the molecule is Brc1ccc(-c2ccc(-n3nnc4ccccc43)c3ccccc23)c2ccccc12. The minimum atomic E-state index is 0.893. The second-order valence-corrected chi connectivity index (χ2v) is 8.16. The molecule has 0 spiro atoms. The van der Waals surface area contributed by atoms with Gasteiger partial charge in [-0.05, 0) is 51.6 Å². The summed E-state index contributed by atoms with van der Waals surface area (Å²) in [7, 11) is 0. The third-order valence-electron chi connectivity index (χ3n) is 5.64. The van der Waals surface area contributed by atoms with Gasteiger partial charge in [-0.2, -0.15) is 0 Å². The predicted molar refractivity (Wildman–Crippen MR) is 127 cm³/mol. The molecule has 5 aromatic carbocycles. The quantitative estimate of drug-likeness (QED) is 0.280. The summed E-state index contributed by atoms with van der Waals surface area (Å²) in [6.45, 7) is 0. The van der Waals surface area contributed by atoms with Crippen LogP contribution in [0.2, 0.25) is 0 Å². The monoisotopic (exact) mass is 449 g/mol. The number of hydrogen-bond acceptors (Lipinski definition) is 2. The lowest BCUT2D eigenvalue weighted by atomic mass is 9.93. The lowest BCUT2D eigenvalue weighted by Gasteiger charge is -2.14. The fourth-order valence-electron chi connectivity index (χ4n) is 4.25. The van der Waals surface area contributed by atoms with Crippen LogP contribution in [-0.2, 0) is 0 Å². The fourth-order valence-corrected chi connectivity index (χ4v) is 4.72. The normalized spacial score (nSPS) is 11.5. The van der Waals surface area contributed by atoms with Gasteiger partial charge >= 0.3 is 0 Å². The molecule has 0 bridgehead atoms. The molecule has 6 rings (SSSR count). The number of para-hydroxylation sites is 1. The molecule has 0 fully saturated rings. The van der Waals surface area contributed by atoms with Gasteiger partial charge in [-0.3, -0.25) is 0 Å². The van der Waals surface area contributed by atoms with Crippen molar-refractivity contribution >= 4 is 48.5 Å². The number of benzene rings is 5. The lowest BCUT2D eigenvalue weighted by molar-refractivity contribution is 0.829. The highest BCUT2D eigenvalue weighted by atomic mass is 79.9. The minimum absolute atomic E-state index is 0.893. The van der Waals surface area contributed by atoms with Gasteiger partial charge in [-0.15, -0.1) is 5.10 Å². The van der Waals surface area contributed by atoms with E-state index in [9.17, 15) is 0 Å². The number of aromatic nitrogens is 3. The van der Waals surface area contributed by atoms with E-state index >= 15 is 0 Å². The molecule has 0 aliphatic heterocycles. The Morgan fingerprint density at radius 1 is 0.567 bits per heavy atom. The molecule has 0 aliphatic carbocycles. The van der Waals surface area contributed by atoms with E-state index in [1.165, 1.54) is 27.3 Å². The van der Waals surface area contributed by atoms with Gasteiger partial charge in [0.05, 0.1) is 11.2 Å². The summed E-state index contributed by atoms with van der Waals surface area (Å²) in [4.78, 5) is 0. The van der Waals surface area contributed by atoms with Crippen LogP contribution in [0, 0.1) is 0 Å². The maximum Gasteiger partial charge on any atom is 0.113 e. The molecule has 3 nitrogen and oxygen atoms in total. The lowest BCUT2D eigenvalue weighted by Crippen LogP contribution is -1.98. The summed E-state index contributed by atoms with van der Waals surface area (Å²) in [6.07, 6.45) is 0. The average Bonchev–Trinajstić information content (AvgIpc) is 3.23. The molecule has 0 aliphatic rings. The van der Waals surface area contributed by atoms with Crippen LogP contribution in [0.3, 0.4) is 0 Å². The largest absolute Gasteiger partial charge is 0.212 e. The van der Waals surface area contributed by atoms with E-state index in [0.717, 1.165) is 26.6 Å². The van der Waals surface area contributed by atoms with Crippen molar-refractivity contribution in [3.05, 3.63) is 102 Å². The molecule has 0 saturated carbocycles. The first kappa shape index (κ1) is 17.4. The van der Waals surface area contributed by atoms with Crippen LogP contribution in [0.4, 0.5) is 0 Å². The van der Waals surface area contributed by atoms with Crippen LogP contribution in [0.1, 0.15) is 0 Å². The highest BCUT2D eigenvalue weighted by Crippen LogP contribution is 2.38. The first-order valence-electron chi connectivity index (χ1n) is 9.81. The van der Waals surface area contributed by atoms with Crippen LogP contribution in [0.15, 0.2) is 102 Å². The van der Waals surface area contributed by atoms with Crippen molar-refractivity contribution < 1.29 is 0 Å². The van der Waals surface area contributed by atoms with E-state index in [-0.39, 0.29) is 0 Å². The van der Waals surface area contributed by atoms with Crippen molar-refractivity contribution in [2.45, 2.75) is 0 Å². The summed E-state index contributed by atoms with van der Waals surface area (Å²) < 4.78 is 3.04. The number of hydrogen-bond donors (Lipinski definition) is 0. The third-order valence-corrected chi connectivity index (χ3v) is 6.33. The van der Waals surface area contributed by atoms with Crippen molar-refractivity contribution in [2.75, 3.05) is 0 Å². The zero-order chi connectivity index (χ0) is 20.1. The molecule has 0 saturated heterocycles. The van der Waals surface area contributed by atoms with Crippen molar-refractivity contribution in [1.29, 1.82) is 0 Å². The topological polar surface area (TPSA) is 30.7 Å². The van der Waals surface area contributed by atoms with Gasteiger partial charge in [0.15, 0.2) is 0 Å². The molecule has 142 valence electrons. The smallest absolute Gasteiger partial charge is 0.113 e. The van der Waals surface area contributed by atoms with Crippen molar-refractivity contribution in [1.82, 2.24) is 15.0 Å². The Labute approximate surface area is 181 Å². The highest BCUT2D eigenvalue weighted by Gasteiger charge is 2.14. The maximum absolute atomic E-state index is 4.44. The second-order valence-electron chi connectivity index (χ2n) is 7.31. The Morgan fingerprint density at radius 3 is 1.97 bits per heavy atom. The third kappa shape index (κ3) is 2.57. The van der Waals surface area contributed by atoms with E-state index in [2.05, 4.69) is 105 Å². The number of fused-ring (bicyclic) bond motifs is 3. The van der Waals surface area contributed by atoms with Crippen LogP contribution < -0.4 is 0 Å². The van der Waals surface area contributed by atoms with Crippen LogP contribution >= 0.6 is 15.9 Å². The van der Waals surface area contributed by atoms with Crippen LogP contribution in [0.5, 0.6) is 0 Å². The van der Waals surface area contributed by atoms with Gasteiger partial charge in [0.2, 0.25) is 0 Å². The molecule has 30 heavy (non-hydrogen) atoms. The van der Waals surface area contributed by atoms with Gasteiger partial charge < -0.3 is 0 Å². The number of halogens is 1. The molecule has 1 heterocycles. The molecule has 0 N–H and O–H groups in total. The van der Waals surface area contributed by atoms with Gasteiger partial charge in [0.25, 0.3) is 0 Å². The molecular weight excluding hydrogens is 434 g/mol. The first-order chi connectivity index (χ1) is 14.8. The van der Waals surface area contributed by atoms with Crippen molar-refractivity contribution in [3.8, 4) is 16.8 Å². The molecule has 1 aromatic heterocycles.